The Hall–Kier alpha value is -1.56. The highest BCUT2D eigenvalue weighted by atomic mass is 79.9. The van der Waals surface area contributed by atoms with E-state index in [1.807, 2.05) is 30.5 Å². The molecule has 0 saturated heterocycles. The van der Waals surface area contributed by atoms with E-state index in [1.54, 1.807) is 6.20 Å². The molecule has 0 spiro atoms. The van der Waals surface area contributed by atoms with E-state index in [9.17, 15) is 4.79 Å². The molecular formula is C18H13Br2ClN2O. The summed E-state index contributed by atoms with van der Waals surface area (Å²) in [7, 11) is 0. The van der Waals surface area contributed by atoms with Crippen LogP contribution in [0, 0.1) is 0 Å². The first-order chi connectivity index (χ1) is 11.6. The highest BCUT2D eigenvalue weighted by molar-refractivity contribution is 9.10. The highest BCUT2D eigenvalue weighted by Gasteiger charge is 2.10. The first-order valence-corrected chi connectivity index (χ1v) is 9.29. The molecule has 4 rings (SSSR count). The Morgan fingerprint density at radius 3 is 2.42 bits per heavy atom. The molecule has 0 fully saturated rings. The molecule has 0 unspecified atom stereocenters. The lowest BCUT2D eigenvalue weighted by molar-refractivity contribution is 0.102. The van der Waals surface area contributed by atoms with E-state index in [4.69, 9.17) is 11.6 Å². The van der Waals surface area contributed by atoms with Gasteiger partial charge in [0.2, 0.25) is 0 Å². The van der Waals surface area contributed by atoms with E-state index in [0.717, 1.165) is 19.8 Å². The number of rotatable bonds is 2. The van der Waals surface area contributed by atoms with Gasteiger partial charge in [-0.3, -0.25) is 4.79 Å². The van der Waals surface area contributed by atoms with Gasteiger partial charge in [-0.15, -0.1) is 11.6 Å². The molecule has 2 heterocycles. The minimum Gasteiger partial charge on any atom is -0.361 e. The Morgan fingerprint density at radius 1 is 0.958 bits per heavy atom. The van der Waals surface area contributed by atoms with Crippen LogP contribution in [0.4, 0.5) is 0 Å². The number of carbonyl (C=O) groups is 1. The highest BCUT2D eigenvalue weighted by Crippen LogP contribution is 2.23. The van der Waals surface area contributed by atoms with Crippen molar-refractivity contribution in [1.29, 1.82) is 0 Å². The zero-order valence-corrected chi connectivity index (χ0v) is 16.4. The summed E-state index contributed by atoms with van der Waals surface area (Å²) in [4.78, 5) is 17.6. The first kappa shape index (κ1) is 17.3. The molecule has 3 nitrogen and oxygen atoms in total. The van der Waals surface area contributed by atoms with Crippen LogP contribution in [-0.2, 0) is 0 Å². The average Bonchev–Trinajstić information content (AvgIpc) is 3.20. The zero-order valence-electron chi connectivity index (χ0n) is 12.4. The lowest BCUT2D eigenvalue weighted by Gasteiger charge is -1.95. The third-order valence-corrected chi connectivity index (χ3v) is 4.81. The van der Waals surface area contributed by atoms with Gasteiger partial charge in [-0.25, -0.2) is 0 Å². The fourth-order valence-corrected chi connectivity index (χ4v) is 3.30. The summed E-state index contributed by atoms with van der Waals surface area (Å²) >= 11 is 12.3. The monoisotopic (exact) mass is 466 g/mol. The molecule has 0 amide bonds. The minimum absolute atomic E-state index is 0.0134. The van der Waals surface area contributed by atoms with Crippen LogP contribution in [0.5, 0.6) is 0 Å². The Morgan fingerprint density at radius 2 is 1.67 bits per heavy atom. The van der Waals surface area contributed by atoms with E-state index in [0.29, 0.717) is 5.56 Å². The van der Waals surface area contributed by atoms with Gasteiger partial charge < -0.3 is 9.97 Å². The first-order valence-electron chi connectivity index (χ1n) is 7.17. The summed E-state index contributed by atoms with van der Waals surface area (Å²) in [5.74, 6) is -0.0459. The number of aromatic nitrogens is 2. The second kappa shape index (κ2) is 7.55. The second-order valence-corrected chi connectivity index (χ2v) is 7.26. The van der Waals surface area contributed by atoms with Crippen molar-refractivity contribution in [3.05, 3.63) is 69.4 Å². The summed E-state index contributed by atoms with van der Waals surface area (Å²) in [6.45, 7) is 0. The fraction of sp³-hybridized carbons (Fsp3) is 0.0556. The molecule has 0 bridgehead atoms. The van der Waals surface area contributed by atoms with Crippen molar-refractivity contribution in [2.45, 2.75) is 0 Å². The maximum absolute atomic E-state index is 11.4. The lowest BCUT2D eigenvalue weighted by Crippen LogP contribution is -1.98. The van der Waals surface area contributed by atoms with Crippen molar-refractivity contribution in [2.24, 2.45) is 0 Å². The van der Waals surface area contributed by atoms with E-state index in [2.05, 4.69) is 60.0 Å². The Kier molecular flexibility index (Phi) is 5.43. The third kappa shape index (κ3) is 3.74. The van der Waals surface area contributed by atoms with Gasteiger partial charge in [-0.1, -0.05) is 31.9 Å². The molecule has 122 valence electrons. The standard InChI is InChI=1S/C10H7BrClNO.C8H6BrN/c11-6-1-2-9-7(3-6)8(5-13-9)10(14)4-12;9-7-1-2-8-6(5-7)3-4-10-8/h1-3,5,13H,4H2;1-5,10H. The molecule has 2 aromatic heterocycles. The predicted octanol–water partition coefficient (Wildman–Crippen LogP) is 6.28. The third-order valence-electron chi connectivity index (χ3n) is 3.58. The summed E-state index contributed by atoms with van der Waals surface area (Å²) in [5.41, 5.74) is 2.78. The van der Waals surface area contributed by atoms with Gasteiger partial charge in [0.25, 0.3) is 0 Å². The number of nitrogens with one attached hydrogen (secondary N) is 2. The summed E-state index contributed by atoms with van der Waals surface area (Å²) < 4.78 is 2.08. The van der Waals surface area contributed by atoms with Gasteiger partial charge in [-0.2, -0.15) is 0 Å². The molecule has 2 aromatic carbocycles. The van der Waals surface area contributed by atoms with Crippen molar-refractivity contribution in [1.82, 2.24) is 9.97 Å². The number of alkyl halides is 1. The molecule has 0 aliphatic carbocycles. The number of aromatic amines is 2. The number of ketones is 1. The van der Waals surface area contributed by atoms with Crippen LogP contribution in [0.3, 0.4) is 0 Å². The molecule has 2 N–H and O–H groups in total. The summed E-state index contributed by atoms with van der Waals surface area (Å²) in [6.07, 6.45) is 3.64. The molecular weight excluding hydrogens is 455 g/mol. The van der Waals surface area contributed by atoms with Crippen molar-refractivity contribution in [3.8, 4) is 0 Å². The molecule has 4 aromatic rings. The second-order valence-electron chi connectivity index (χ2n) is 5.16. The van der Waals surface area contributed by atoms with Crippen LogP contribution in [-0.4, -0.2) is 21.6 Å². The Bertz CT molecular complexity index is 1010. The molecule has 0 atom stereocenters. The van der Waals surface area contributed by atoms with Crippen molar-refractivity contribution in [3.63, 3.8) is 0 Å². The number of benzene rings is 2. The van der Waals surface area contributed by atoms with Crippen LogP contribution in [0.2, 0.25) is 0 Å². The minimum atomic E-state index is -0.0592. The molecule has 0 saturated carbocycles. The van der Waals surface area contributed by atoms with Crippen LogP contribution in [0.15, 0.2) is 63.8 Å². The number of carbonyl (C=O) groups excluding carboxylic acids is 1. The van der Waals surface area contributed by atoms with Crippen molar-refractivity contribution in [2.75, 3.05) is 5.88 Å². The number of fused-ring (bicyclic) bond motifs is 2. The molecule has 0 aliphatic heterocycles. The fourth-order valence-electron chi connectivity index (χ4n) is 2.42. The predicted molar refractivity (Wildman–Crippen MR) is 107 cm³/mol. The van der Waals surface area contributed by atoms with Gasteiger partial charge in [0.1, 0.15) is 0 Å². The number of halogens is 3. The molecule has 0 aliphatic rings. The van der Waals surface area contributed by atoms with Gasteiger partial charge in [0.05, 0.1) is 5.88 Å². The number of hydrogen-bond donors (Lipinski definition) is 2. The molecule has 0 radical (unpaired) electrons. The quantitative estimate of drug-likeness (QED) is 0.264. The van der Waals surface area contributed by atoms with Crippen molar-refractivity contribution < 1.29 is 4.79 Å². The Balaban J connectivity index is 0.000000149. The maximum Gasteiger partial charge on any atom is 0.179 e. The topological polar surface area (TPSA) is 48.6 Å². The van der Waals surface area contributed by atoms with Crippen molar-refractivity contribution >= 4 is 71.0 Å². The number of H-pyrrole nitrogens is 2. The van der Waals surface area contributed by atoms with Crippen LogP contribution >= 0.6 is 43.5 Å². The Labute approximate surface area is 160 Å². The smallest absolute Gasteiger partial charge is 0.179 e. The van der Waals surface area contributed by atoms with Gasteiger partial charge in [0, 0.05) is 48.7 Å². The zero-order chi connectivity index (χ0) is 17.1. The SMILES string of the molecule is Brc1ccc2[nH]ccc2c1.O=C(CCl)c1c[nH]c2ccc(Br)cc12. The largest absolute Gasteiger partial charge is 0.361 e. The lowest BCUT2D eigenvalue weighted by atomic mass is 10.1. The van der Waals surface area contributed by atoms with E-state index in [1.165, 1.54) is 10.9 Å². The molecule has 24 heavy (non-hydrogen) atoms. The maximum atomic E-state index is 11.4. The van der Waals surface area contributed by atoms with Crippen LogP contribution in [0.25, 0.3) is 21.8 Å². The normalized spacial score (nSPS) is 10.6. The van der Waals surface area contributed by atoms with Gasteiger partial charge >= 0.3 is 0 Å². The van der Waals surface area contributed by atoms with E-state index in [-0.39, 0.29) is 11.7 Å². The van der Waals surface area contributed by atoms with Crippen LogP contribution < -0.4 is 0 Å². The van der Waals surface area contributed by atoms with Gasteiger partial charge in [0.15, 0.2) is 5.78 Å². The van der Waals surface area contributed by atoms with Gasteiger partial charge in [-0.05, 0) is 42.5 Å². The number of hydrogen-bond acceptors (Lipinski definition) is 1. The van der Waals surface area contributed by atoms with E-state index < -0.39 is 0 Å². The van der Waals surface area contributed by atoms with E-state index >= 15 is 0 Å². The van der Waals surface area contributed by atoms with Crippen LogP contribution in [0.1, 0.15) is 10.4 Å². The number of Topliss-reactive ketones (excluding diaryl/α,β-unsaturated/α-hetero) is 1. The summed E-state index contributed by atoms with van der Waals surface area (Å²) in [5, 5.41) is 2.15. The molecule has 6 heteroatoms. The average molecular weight is 469 g/mol. The summed E-state index contributed by atoms with van der Waals surface area (Å²) in [6, 6.07) is 14.0.